The molecule has 0 aliphatic carbocycles. The summed E-state index contributed by atoms with van der Waals surface area (Å²) in [7, 11) is 0. The third-order valence-corrected chi connectivity index (χ3v) is 13.3. The Balaban J connectivity index is 1.59. The van der Waals surface area contributed by atoms with Crippen LogP contribution in [0.5, 0.6) is 0 Å². The van der Waals surface area contributed by atoms with E-state index in [0.717, 1.165) is 0 Å². The molecule has 7 aromatic carbocycles. The van der Waals surface area contributed by atoms with E-state index in [1.807, 2.05) is 58.8 Å². The summed E-state index contributed by atoms with van der Waals surface area (Å²) in [6.07, 6.45) is 0. The molecule has 47 heavy (non-hydrogen) atoms. The first kappa shape index (κ1) is 31.9. The molecule has 0 N–H and O–H groups in total. The molecule has 0 saturated carbocycles. The molecule has 0 fully saturated rings. The minimum Gasteiger partial charge on any atom is -0.0882 e. The zero-order chi connectivity index (χ0) is 31.7. The van der Waals surface area contributed by atoms with E-state index in [9.17, 15) is 0 Å². The van der Waals surface area contributed by atoms with Crippen LogP contribution in [0.15, 0.2) is 231 Å². The average Bonchev–Trinajstić information content (AvgIpc) is 3.14. The van der Waals surface area contributed by atoms with Crippen molar-refractivity contribution in [3.05, 3.63) is 182 Å². The SMILES string of the molecule is c1ccc(Sc2c(Sc3ccccc3)c(Sc3ccccc3)c(-c3ccccc3)c(Sc3ccccc3)c2Sc2ccccc2)cc1. The molecule has 0 aliphatic rings. The lowest BCUT2D eigenvalue weighted by Gasteiger charge is -2.26. The highest BCUT2D eigenvalue weighted by molar-refractivity contribution is 8.05. The summed E-state index contributed by atoms with van der Waals surface area (Å²) in [4.78, 5) is 12.4. The maximum atomic E-state index is 2.26. The molecule has 0 radical (unpaired) electrons. The van der Waals surface area contributed by atoms with Gasteiger partial charge in [0.2, 0.25) is 0 Å². The first-order chi connectivity index (χ1) is 23.3. The smallest absolute Gasteiger partial charge is 0.0425 e. The second kappa shape index (κ2) is 15.9. The highest BCUT2D eigenvalue weighted by atomic mass is 32.2. The summed E-state index contributed by atoms with van der Waals surface area (Å²) in [5.41, 5.74) is 2.48. The largest absolute Gasteiger partial charge is 0.0882 e. The zero-order valence-electron chi connectivity index (χ0n) is 25.4. The van der Waals surface area contributed by atoms with Crippen LogP contribution in [0.2, 0.25) is 0 Å². The van der Waals surface area contributed by atoms with E-state index in [4.69, 9.17) is 0 Å². The molecule has 7 aromatic rings. The summed E-state index contributed by atoms with van der Waals surface area (Å²) in [6.45, 7) is 0. The second-order valence-electron chi connectivity index (χ2n) is 10.5. The molecule has 0 saturated heterocycles. The second-order valence-corrected chi connectivity index (χ2v) is 15.9. The van der Waals surface area contributed by atoms with Crippen LogP contribution in [0.4, 0.5) is 0 Å². The zero-order valence-corrected chi connectivity index (χ0v) is 29.4. The lowest BCUT2D eigenvalue weighted by atomic mass is 10.1. The van der Waals surface area contributed by atoms with Gasteiger partial charge < -0.3 is 0 Å². The molecule has 0 aliphatic heterocycles. The van der Waals surface area contributed by atoms with Crippen LogP contribution in [0, 0.1) is 0 Å². The van der Waals surface area contributed by atoms with E-state index in [1.54, 1.807) is 0 Å². The molecule has 0 amide bonds. The van der Waals surface area contributed by atoms with Crippen LogP contribution in [-0.2, 0) is 0 Å². The van der Waals surface area contributed by atoms with Crippen molar-refractivity contribution in [3.63, 3.8) is 0 Å². The molecule has 0 unspecified atom stereocenters. The fourth-order valence-corrected chi connectivity index (χ4v) is 11.1. The number of hydrogen-bond donors (Lipinski definition) is 0. The van der Waals surface area contributed by atoms with Gasteiger partial charge in [0, 0.05) is 54.5 Å². The molecule has 0 bridgehead atoms. The predicted molar refractivity (Wildman–Crippen MR) is 205 cm³/mol. The molecule has 0 spiro atoms. The Bertz CT molecular complexity index is 1910. The third kappa shape index (κ3) is 8.06. The van der Waals surface area contributed by atoms with E-state index in [2.05, 4.69) is 182 Å². The fourth-order valence-electron chi connectivity index (χ4n) is 5.01. The van der Waals surface area contributed by atoms with E-state index in [-0.39, 0.29) is 0 Å². The fraction of sp³-hybridized carbons (Fsp3) is 0. The topological polar surface area (TPSA) is 0 Å². The van der Waals surface area contributed by atoms with Crippen LogP contribution >= 0.6 is 58.8 Å². The summed E-state index contributed by atoms with van der Waals surface area (Å²) >= 11 is 9.32. The first-order valence-electron chi connectivity index (χ1n) is 15.3. The lowest BCUT2D eigenvalue weighted by molar-refractivity contribution is 0.964. The van der Waals surface area contributed by atoms with Crippen molar-refractivity contribution in [1.82, 2.24) is 0 Å². The van der Waals surface area contributed by atoms with Gasteiger partial charge in [-0.1, -0.05) is 180 Å². The van der Waals surface area contributed by atoms with Crippen molar-refractivity contribution in [3.8, 4) is 11.1 Å². The van der Waals surface area contributed by atoms with Crippen molar-refractivity contribution >= 4 is 58.8 Å². The van der Waals surface area contributed by atoms with Gasteiger partial charge in [-0.25, -0.2) is 0 Å². The molecule has 5 heteroatoms. The Hall–Kier alpha value is -3.71. The van der Waals surface area contributed by atoms with Crippen LogP contribution in [-0.4, -0.2) is 0 Å². The maximum absolute atomic E-state index is 2.26. The molecular weight excluding hydrogens is 665 g/mol. The number of hydrogen-bond acceptors (Lipinski definition) is 5. The van der Waals surface area contributed by atoms with Crippen LogP contribution < -0.4 is 0 Å². The van der Waals surface area contributed by atoms with Gasteiger partial charge in [0.1, 0.15) is 0 Å². The van der Waals surface area contributed by atoms with Gasteiger partial charge in [-0.05, 0) is 66.2 Å². The van der Waals surface area contributed by atoms with Gasteiger partial charge in [0.15, 0.2) is 0 Å². The highest BCUT2D eigenvalue weighted by Crippen LogP contribution is 2.58. The summed E-state index contributed by atoms with van der Waals surface area (Å²) < 4.78 is 0. The van der Waals surface area contributed by atoms with Crippen LogP contribution in [0.25, 0.3) is 11.1 Å². The van der Waals surface area contributed by atoms with Gasteiger partial charge in [0.05, 0.1) is 0 Å². The molecule has 0 heterocycles. The standard InChI is InChI=1S/C42H30S5/c1-7-19-31(20-8-1)37-38(43-32-21-9-2-10-22-32)40(45-34-25-13-4-14-26-34)42(47-36-29-17-6-18-30-36)41(46-35-27-15-5-16-28-35)39(37)44-33-23-11-3-12-24-33/h1-30H. The Morgan fingerprint density at radius 3 is 0.702 bits per heavy atom. The average molecular weight is 695 g/mol. The van der Waals surface area contributed by atoms with E-state index in [1.165, 1.54) is 60.1 Å². The highest BCUT2D eigenvalue weighted by Gasteiger charge is 2.28. The Labute approximate surface area is 298 Å². The third-order valence-electron chi connectivity index (χ3n) is 7.16. The van der Waals surface area contributed by atoms with Gasteiger partial charge in [-0.15, -0.1) is 0 Å². The van der Waals surface area contributed by atoms with Gasteiger partial charge in [-0.3, -0.25) is 0 Å². The minimum atomic E-state index is 1.21. The predicted octanol–water partition coefficient (Wildman–Crippen LogP) is 14.1. The summed E-state index contributed by atoms with van der Waals surface area (Å²) in [5.74, 6) is 0. The van der Waals surface area contributed by atoms with E-state index < -0.39 is 0 Å². The molecule has 0 aromatic heterocycles. The summed E-state index contributed by atoms with van der Waals surface area (Å²) in [5, 5.41) is 0. The number of benzene rings is 7. The Morgan fingerprint density at radius 2 is 0.426 bits per heavy atom. The molecule has 228 valence electrons. The van der Waals surface area contributed by atoms with Crippen LogP contribution in [0.1, 0.15) is 0 Å². The Morgan fingerprint density at radius 1 is 0.213 bits per heavy atom. The minimum absolute atomic E-state index is 1.21. The quantitative estimate of drug-likeness (QED) is 0.132. The van der Waals surface area contributed by atoms with E-state index >= 15 is 0 Å². The first-order valence-corrected chi connectivity index (χ1v) is 19.3. The van der Waals surface area contributed by atoms with Gasteiger partial charge in [-0.2, -0.15) is 0 Å². The molecule has 0 atom stereocenters. The van der Waals surface area contributed by atoms with Gasteiger partial charge >= 0.3 is 0 Å². The maximum Gasteiger partial charge on any atom is 0.0425 e. The van der Waals surface area contributed by atoms with Crippen molar-refractivity contribution in [2.45, 2.75) is 49.0 Å². The molecule has 7 rings (SSSR count). The molecular formula is C42H30S5. The van der Waals surface area contributed by atoms with Gasteiger partial charge in [0.25, 0.3) is 0 Å². The van der Waals surface area contributed by atoms with E-state index in [0.29, 0.717) is 0 Å². The number of rotatable bonds is 11. The van der Waals surface area contributed by atoms with Crippen molar-refractivity contribution in [2.75, 3.05) is 0 Å². The lowest BCUT2D eigenvalue weighted by Crippen LogP contribution is -1.98. The van der Waals surface area contributed by atoms with Crippen molar-refractivity contribution < 1.29 is 0 Å². The van der Waals surface area contributed by atoms with Crippen molar-refractivity contribution in [1.29, 1.82) is 0 Å². The summed E-state index contributed by atoms with van der Waals surface area (Å²) in [6, 6.07) is 64.9. The van der Waals surface area contributed by atoms with Crippen molar-refractivity contribution in [2.24, 2.45) is 0 Å². The Kier molecular flexibility index (Phi) is 10.8. The molecule has 0 nitrogen and oxygen atoms in total. The monoisotopic (exact) mass is 694 g/mol. The normalized spacial score (nSPS) is 11.0. The van der Waals surface area contributed by atoms with Crippen LogP contribution in [0.3, 0.4) is 0 Å².